The Labute approximate surface area is 156 Å². The Balaban J connectivity index is 1.78. The van der Waals surface area contributed by atoms with Crippen LogP contribution in [0.25, 0.3) is 4.96 Å². The van der Waals surface area contributed by atoms with Gasteiger partial charge >= 0.3 is 6.09 Å². The van der Waals surface area contributed by atoms with Crippen LogP contribution < -0.4 is 15.8 Å². The lowest BCUT2D eigenvalue weighted by molar-refractivity contribution is 0.0519. The zero-order valence-corrected chi connectivity index (χ0v) is 16.4. The van der Waals surface area contributed by atoms with Crippen LogP contribution in [0.15, 0.2) is 17.1 Å². The van der Waals surface area contributed by atoms with Crippen molar-refractivity contribution >= 4 is 27.5 Å². The Morgan fingerprint density at radius 1 is 1.46 bits per heavy atom. The van der Waals surface area contributed by atoms with E-state index in [0.29, 0.717) is 17.4 Å². The van der Waals surface area contributed by atoms with E-state index in [1.54, 1.807) is 0 Å². The predicted octanol–water partition coefficient (Wildman–Crippen LogP) is 2.28. The van der Waals surface area contributed by atoms with Crippen LogP contribution in [0.2, 0.25) is 0 Å². The molecule has 2 aromatic rings. The molecule has 1 aliphatic rings. The first-order valence-electron chi connectivity index (χ1n) is 8.83. The number of amides is 1. The molecule has 0 bridgehead atoms. The largest absolute Gasteiger partial charge is 0.444 e. The summed E-state index contributed by atoms with van der Waals surface area (Å²) < 4.78 is 6.66. The summed E-state index contributed by atoms with van der Waals surface area (Å²) in [5.41, 5.74) is -0.715. The van der Waals surface area contributed by atoms with E-state index in [1.165, 1.54) is 28.1 Å². The van der Waals surface area contributed by atoms with Gasteiger partial charge in [0.2, 0.25) is 10.1 Å². The van der Waals surface area contributed by atoms with Gasteiger partial charge < -0.3 is 15.0 Å². The molecule has 3 rings (SSSR count). The van der Waals surface area contributed by atoms with Crippen molar-refractivity contribution in [1.82, 2.24) is 19.9 Å². The Morgan fingerprint density at radius 2 is 2.23 bits per heavy atom. The third-order valence-corrected chi connectivity index (χ3v) is 5.34. The average Bonchev–Trinajstić information content (AvgIpc) is 2.97. The van der Waals surface area contributed by atoms with Crippen molar-refractivity contribution in [1.29, 1.82) is 0 Å². The standard InChI is InChI=1S/C17H25N5O3S/c1-11-6-5-9-21(12(11)10-19-16(24)25-17(2,3)4)15-20-22-13(23)7-8-18-14(22)26-15/h7-8,11-12H,5-6,9-10H2,1-4H3,(H,19,24). The number of nitrogens with one attached hydrogen (secondary N) is 1. The van der Waals surface area contributed by atoms with Crippen molar-refractivity contribution in [2.75, 3.05) is 18.0 Å². The molecule has 0 aromatic carbocycles. The molecule has 1 amide bonds. The van der Waals surface area contributed by atoms with Crippen LogP contribution in [0.1, 0.15) is 40.5 Å². The number of aromatic nitrogens is 3. The fraction of sp³-hybridized carbons (Fsp3) is 0.647. The van der Waals surface area contributed by atoms with E-state index in [2.05, 4.69) is 27.2 Å². The van der Waals surface area contributed by atoms with Crippen LogP contribution in [0.5, 0.6) is 0 Å². The first-order chi connectivity index (χ1) is 12.2. The number of nitrogens with zero attached hydrogens (tertiary/aromatic N) is 4. The van der Waals surface area contributed by atoms with Crippen LogP contribution in [-0.4, -0.2) is 45.4 Å². The molecule has 8 nitrogen and oxygen atoms in total. The Bertz CT molecular complexity index is 841. The highest BCUT2D eigenvalue weighted by Gasteiger charge is 2.31. The Hall–Kier alpha value is -2.16. The summed E-state index contributed by atoms with van der Waals surface area (Å²) in [6, 6.07) is 1.49. The number of fused-ring (bicyclic) bond motifs is 1. The third kappa shape index (κ3) is 4.14. The molecule has 9 heteroatoms. The molecule has 2 aromatic heterocycles. The topological polar surface area (TPSA) is 88.8 Å². The van der Waals surface area contributed by atoms with E-state index in [1.807, 2.05) is 20.8 Å². The predicted molar refractivity (Wildman–Crippen MR) is 101 cm³/mol. The van der Waals surface area contributed by atoms with E-state index in [4.69, 9.17) is 4.74 Å². The van der Waals surface area contributed by atoms with E-state index < -0.39 is 11.7 Å². The summed E-state index contributed by atoms with van der Waals surface area (Å²) in [6.07, 6.45) is 3.21. The number of carbonyl (C=O) groups is 1. The fourth-order valence-electron chi connectivity index (χ4n) is 3.15. The minimum atomic E-state index is -0.526. The van der Waals surface area contributed by atoms with Crippen molar-refractivity contribution in [2.24, 2.45) is 5.92 Å². The second-order valence-electron chi connectivity index (χ2n) is 7.63. The first-order valence-corrected chi connectivity index (χ1v) is 9.64. The first kappa shape index (κ1) is 18.6. The van der Waals surface area contributed by atoms with Crippen molar-refractivity contribution in [3.8, 4) is 0 Å². The zero-order chi connectivity index (χ0) is 18.9. The Morgan fingerprint density at radius 3 is 2.92 bits per heavy atom. The number of carbonyl (C=O) groups excluding carboxylic acids is 1. The summed E-state index contributed by atoms with van der Waals surface area (Å²) in [5.74, 6) is 0.385. The summed E-state index contributed by atoms with van der Waals surface area (Å²) in [7, 11) is 0. The molecule has 2 atom stereocenters. The van der Waals surface area contributed by atoms with Gasteiger partial charge in [0, 0.05) is 25.4 Å². The molecule has 0 spiro atoms. The molecule has 1 saturated heterocycles. The number of hydrogen-bond donors (Lipinski definition) is 1. The summed E-state index contributed by atoms with van der Waals surface area (Å²) in [4.78, 5) is 30.9. The highest BCUT2D eigenvalue weighted by Crippen LogP contribution is 2.30. The zero-order valence-electron chi connectivity index (χ0n) is 15.6. The molecule has 1 N–H and O–H groups in total. The lowest BCUT2D eigenvalue weighted by atomic mass is 9.91. The van der Waals surface area contributed by atoms with Gasteiger partial charge in [0.1, 0.15) is 5.60 Å². The molecular formula is C17H25N5O3S. The lowest BCUT2D eigenvalue weighted by Crippen LogP contribution is -2.51. The van der Waals surface area contributed by atoms with E-state index in [-0.39, 0.29) is 11.6 Å². The SMILES string of the molecule is CC1CCCN(c2nn3c(=O)ccnc3s2)C1CNC(=O)OC(C)(C)C. The molecule has 3 heterocycles. The molecule has 0 aliphatic carbocycles. The van der Waals surface area contributed by atoms with Crippen molar-refractivity contribution < 1.29 is 9.53 Å². The monoisotopic (exact) mass is 379 g/mol. The van der Waals surface area contributed by atoms with E-state index >= 15 is 0 Å². The third-order valence-electron chi connectivity index (χ3n) is 4.38. The fourth-order valence-corrected chi connectivity index (χ4v) is 4.11. The van der Waals surface area contributed by atoms with E-state index in [0.717, 1.165) is 24.5 Å². The molecular weight excluding hydrogens is 354 g/mol. The number of hydrogen-bond acceptors (Lipinski definition) is 7. The number of anilines is 1. The van der Waals surface area contributed by atoms with Crippen LogP contribution >= 0.6 is 11.3 Å². The van der Waals surface area contributed by atoms with Gasteiger partial charge in [-0.2, -0.15) is 4.52 Å². The average molecular weight is 379 g/mol. The maximum atomic E-state index is 12.0. The molecule has 26 heavy (non-hydrogen) atoms. The quantitative estimate of drug-likeness (QED) is 0.880. The van der Waals surface area contributed by atoms with Gasteiger partial charge in [0.05, 0.1) is 6.04 Å². The van der Waals surface area contributed by atoms with Crippen molar-refractivity contribution in [3.63, 3.8) is 0 Å². The van der Waals surface area contributed by atoms with Crippen molar-refractivity contribution in [3.05, 3.63) is 22.6 Å². The van der Waals surface area contributed by atoms with E-state index in [9.17, 15) is 9.59 Å². The van der Waals surface area contributed by atoms with Crippen LogP contribution in [0.3, 0.4) is 0 Å². The summed E-state index contributed by atoms with van der Waals surface area (Å²) in [5, 5.41) is 8.08. The summed E-state index contributed by atoms with van der Waals surface area (Å²) >= 11 is 1.39. The Kier molecular flexibility index (Phi) is 5.17. The molecule has 0 saturated carbocycles. The molecule has 1 fully saturated rings. The van der Waals surface area contributed by atoms with Gasteiger partial charge in [-0.1, -0.05) is 18.3 Å². The normalized spacial score (nSPS) is 21.0. The van der Waals surface area contributed by atoms with Crippen LogP contribution in [0.4, 0.5) is 9.93 Å². The van der Waals surface area contributed by atoms with Gasteiger partial charge in [0.25, 0.3) is 5.56 Å². The van der Waals surface area contributed by atoms with Gasteiger partial charge in [-0.3, -0.25) is 4.79 Å². The molecule has 1 aliphatic heterocycles. The van der Waals surface area contributed by atoms with Gasteiger partial charge in [0.15, 0.2) is 0 Å². The second kappa shape index (κ2) is 7.22. The lowest BCUT2D eigenvalue weighted by Gasteiger charge is -2.39. The number of alkyl carbamates (subject to hydrolysis) is 1. The molecule has 2 unspecified atom stereocenters. The van der Waals surface area contributed by atoms with Gasteiger partial charge in [-0.25, -0.2) is 9.78 Å². The highest BCUT2D eigenvalue weighted by molar-refractivity contribution is 7.20. The number of rotatable bonds is 3. The second-order valence-corrected chi connectivity index (χ2v) is 8.56. The summed E-state index contributed by atoms with van der Waals surface area (Å²) in [6.45, 7) is 9.00. The number of piperidine rings is 1. The smallest absolute Gasteiger partial charge is 0.407 e. The van der Waals surface area contributed by atoms with Crippen LogP contribution in [-0.2, 0) is 4.74 Å². The maximum absolute atomic E-state index is 12.0. The van der Waals surface area contributed by atoms with Gasteiger partial charge in [-0.05, 0) is 39.5 Å². The van der Waals surface area contributed by atoms with Gasteiger partial charge in [-0.15, -0.1) is 5.10 Å². The molecule has 142 valence electrons. The minimum Gasteiger partial charge on any atom is -0.444 e. The molecule has 0 radical (unpaired) electrons. The minimum absolute atomic E-state index is 0.0903. The van der Waals surface area contributed by atoms with Crippen molar-refractivity contribution in [2.45, 2.75) is 52.2 Å². The highest BCUT2D eigenvalue weighted by atomic mass is 32.1. The van der Waals surface area contributed by atoms with Crippen LogP contribution in [0, 0.1) is 5.92 Å². The maximum Gasteiger partial charge on any atom is 0.407 e. The number of ether oxygens (including phenoxy) is 1.